The molecule has 2 rings (SSSR count). The highest BCUT2D eigenvalue weighted by Crippen LogP contribution is 2.34. The van der Waals surface area contributed by atoms with Gasteiger partial charge < -0.3 is 5.11 Å². The van der Waals surface area contributed by atoms with Crippen LogP contribution < -0.4 is 0 Å². The molecule has 0 fully saturated rings. The van der Waals surface area contributed by atoms with Crippen molar-refractivity contribution >= 4 is 15.5 Å². The van der Waals surface area contributed by atoms with E-state index in [-0.39, 0.29) is 34.9 Å². The van der Waals surface area contributed by atoms with Gasteiger partial charge in [0.25, 0.3) is 5.69 Å². The standard InChI is InChI=1S/C22H28FNO5S/c1-3-5-11-22(4-2,15-25)16-30(28,29)21-10-9-19(23)14-18(21)12-17-7-6-8-20(13-17)24(26)27/h6-10,13-14,25H,3-5,11-12,15-16H2,1-2H3/t22-/m1/s1. The van der Waals surface area contributed by atoms with Gasteiger partial charge in [0.15, 0.2) is 9.84 Å². The van der Waals surface area contributed by atoms with Crippen molar-refractivity contribution in [3.63, 3.8) is 0 Å². The molecule has 30 heavy (non-hydrogen) atoms. The molecule has 1 N–H and O–H groups in total. The first-order valence-electron chi connectivity index (χ1n) is 10.0. The van der Waals surface area contributed by atoms with Crippen LogP contribution in [0.2, 0.25) is 0 Å². The van der Waals surface area contributed by atoms with Crippen molar-refractivity contribution in [3.05, 3.63) is 69.5 Å². The second-order valence-corrected chi connectivity index (χ2v) is 9.69. The van der Waals surface area contributed by atoms with E-state index in [0.29, 0.717) is 18.4 Å². The third kappa shape index (κ3) is 5.86. The van der Waals surface area contributed by atoms with Gasteiger partial charge in [0.05, 0.1) is 15.6 Å². The summed E-state index contributed by atoms with van der Waals surface area (Å²) in [5.74, 6) is -0.815. The maximum absolute atomic E-state index is 13.9. The number of unbranched alkanes of at least 4 members (excludes halogenated alkanes) is 1. The van der Waals surface area contributed by atoms with Gasteiger partial charge in [-0.25, -0.2) is 12.8 Å². The zero-order valence-electron chi connectivity index (χ0n) is 17.3. The number of aliphatic hydroxyl groups is 1. The van der Waals surface area contributed by atoms with E-state index in [0.717, 1.165) is 25.0 Å². The largest absolute Gasteiger partial charge is 0.396 e. The molecule has 2 aromatic carbocycles. The molecule has 0 spiro atoms. The topological polar surface area (TPSA) is 97.5 Å². The second kappa shape index (κ2) is 10.1. The lowest BCUT2D eigenvalue weighted by Gasteiger charge is -2.30. The van der Waals surface area contributed by atoms with Gasteiger partial charge in [-0.15, -0.1) is 0 Å². The SMILES string of the molecule is CCCC[C@](CC)(CO)CS(=O)(=O)c1ccc(F)cc1Cc1cccc([N+](=O)[O-])c1. The van der Waals surface area contributed by atoms with E-state index in [9.17, 15) is 28.0 Å². The zero-order valence-corrected chi connectivity index (χ0v) is 18.1. The number of hydrogen-bond acceptors (Lipinski definition) is 5. The summed E-state index contributed by atoms with van der Waals surface area (Å²) < 4.78 is 40.5. The number of nitro groups is 1. The monoisotopic (exact) mass is 437 g/mol. The number of hydrogen-bond donors (Lipinski definition) is 1. The molecule has 0 aliphatic heterocycles. The molecular weight excluding hydrogens is 409 g/mol. The molecule has 0 bridgehead atoms. The average Bonchev–Trinajstić information content (AvgIpc) is 2.71. The first kappa shape index (κ1) is 24.0. The van der Waals surface area contributed by atoms with Gasteiger partial charge >= 0.3 is 0 Å². The number of rotatable bonds is 11. The third-order valence-corrected chi connectivity index (χ3v) is 7.58. The quantitative estimate of drug-likeness (QED) is 0.313. The number of aliphatic hydroxyl groups excluding tert-OH is 1. The zero-order chi connectivity index (χ0) is 22.4. The predicted molar refractivity (Wildman–Crippen MR) is 114 cm³/mol. The summed E-state index contributed by atoms with van der Waals surface area (Å²) in [7, 11) is -3.83. The third-order valence-electron chi connectivity index (χ3n) is 5.52. The molecule has 0 radical (unpaired) electrons. The number of sulfone groups is 1. The molecule has 2 aromatic rings. The molecule has 0 unspecified atom stereocenters. The van der Waals surface area contributed by atoms with Gasteiger partial charge in [-0.05, 0) is 48.6 Å². The second-order valence-electron chi connectivity index (χ2n) is 7.73. The summed E-state index contributed by atoms with van der Waals surface area (Å²) >= 11 is 0. The fraction of sp³-hybridized carbons (Fsp3) is 0.455. The Morgan fingerprint density at radius 1 is 1.17 bits per heavy atom. The fourth-order valence-electron chi connectivity index (χ4n) is 3.61. The minimum absolute atomic E-state index is 0.00169. The number of nitro benzene ring substituents is 1. The van der Waals surface area contributed by atoms with Crippen molar-refractivity contribution < 1.29 is 22.8 Å². The predicted octanol–water partition coefficient (Wildman–Crippen LogP) is 4.68. The Kier molecular flexibility index (Phi) is 8.09. The van der Waals surface area contributed by atoms with Crippen LogP contribution in [0, 0.1) is 21.3 Å². The Labute approximate surface area is 176 Å². The summed E-state index contributed by atoms with van der Waals surface area (Å²) in [6.07, 6.45) is 2.81. The highest BCUT2D eigenvalue weighted by Gasteiger charge is 2.34. The van der Waals surface area contributed by atoms with Crippen LogP contribution in [0.1, 0.15) is 50.7 Å². The van der Waals surface area contributed by atoms with Gasteiger partial charge in [-0.3, -0.25) is 10.1 Å². The average molecular weight is 438 g/mol. The Balaban J connectivity index is 2.44. The molecule has 0 heterocycles. The van der Waals surface area contributed by atoms with E-state index in [1.165, 1.54) is 24.3 Å². The fourth-order valence-corrected chi connectivity index (χ4v) is 5.82. The van der Waals surface area contributed by atoms with Crippen LogP contribution in [-0.2, 0) is 16.3 Å². The van der Waals surface area contributed by atoms with Crippen molar-refractivity contribution in [2.24, 2.45) is 5.41 Å². The molecule has 0 amide bonds. The van der Waals surface area contributed by atoms with Crippen LogP contribution in [-0.4, -0.2) is 30.8 Å². The summed E-state index contributed by atoms with van der Waals surface area (Å²) in [6, 6.07) is 9.35. The molecule has 6 nitrogen and oxygen atoms in total. The lowest BCUT2D eigenvalue weighted by atomic mass is 9.83. The number of benzene rings is 2. The maximum Gasteiger partial charge on any atom is 0.269 e. The Hall–Kier alpha value is -2.32. The van der Waals surface area contributed by atoms with Crippen molar-refractivity contribution in [2.45, 2.75) is 50.8 Å². The van der Waals surface area contributed by atoms with E-state index in [4.69, 9.17) is 0 Å². The first-order valence-corrected chi connectivity index (χ1v) is 11.7. The molecule has 0 aliphatic rings. The van der Waals surface area contributed by atoms with Crippen LogP contribution in [0.4, 0.5) is 10.1 Å². The maximum atomic E-state index is 13.9. The van der Waals surface area contributed by atoms with Crippen molar-refractivity contribution in [1.82, 2.24) is 0 Å². The van der Waals surface area contributed by atoms with Crippen LogP contribution in [0.15, 0.2) is 47.4 Å². The van der Waals surface area contributed by atoms with Gasteiger partial charge in [0.1, 0.15) is 5.82 Å². The van der Waals surface area contributed by atoms with E-state index in [1.807, 2.05) is 13.8 Å². The smallest absolute Gasteiger partial charge is 0.269 e. The van der Waals surface area contributed by atoms with Crippen molar-refractivity contribution in [3.8, 4) is 0 Å². The molecule has 8 heteroatoms. The van der Waals surface area contributed by atoms with Gasteiger partial charge in [0.2, 0.25) is 0 Å². The first-order chi connectivity index (χ1) is 14.2. The van der Waals surface area contributed by atoms with E-state index in [2.05, 4.69) is 0 Å². The Morgan fingerprint density at radius 3 is 2.50 bits per heavy atom. The van der Waals surface area contributed by atoms with Crippen molar-refractivity contribution in [1.29, 1.82) is 0 Å². The van der Waals surface area contributed by atoms with Crippen LogP contribution in [0.3, 0.4) is 0 Å². The van der Waals surface area contributed by atoms with Gasteiger partial charge in [0, 0.05) is 24.2 Å². The Morgan fingerprint density at radius 2 is 1.90 bits per heavy atom. The molecule has 1 atom stereocenters. The van der Waals surface area contributed by atoms with E-state index < -0.39 is 26.0 Å². The lowest BCUT2D eigenvalue weighted by molar-refractivity contribution is -0.384. The number of non-ortho nitro benzene ring substituents is 1. The molecule has 0 aromatic heterocycles. The van der Waals surface area contributed by atoms with Gasteiger partial charge in [-0.2, -0.15) is 0 Å². The summed E-state index contributed by atoms with van der Waals surface area (Å²) in [6.45, 7) is 3.61. The molecule has 0 saturated carbocycles. The minimum Gasteiger partial charge on any atom is -0.396 e. The number of nitrogens with zero attached hydrogens (tertiary/aromatic N) is 1. The molecule has 0 saturated heterocycles. The molecule has 0 aliphatic carbocycles. The highest BCUT2D eigenvalue weighted by molar-refractivity contribution is 7.91. The number of halogens is 1. The highest BCUT2D eigenvalue weighted by atomic mass is 32.2. The van der Waals surface area contributed by atoms with E-state index >= 15 is 0 Å². The molecule has 164 valence electrons. The summed E-state index contributed by atoms with van der Waals surface area (Å²) in [4.78, 5) is 10.5. The van der Waals surface area contributed by atoms with Crippen molar-refractivity contribution in [2.75, 3.05) is 12.4 Å². The summed E-state index contributed by atoms with van der Waals surface area (Å²) in [5.41, 5.74) is -0.111. The Bertz CT molecular complexity index is 987. The normalized spacial score (nSPS) is 13.7. The van der Waals surface area contributed by atoms with Crippen LogP contribution in [0.25, 0.3) is 0 Å². The molecular formula is C22H28FNO5S. The van der Waals surface area contributed by atoms with Crippen LogP contribution in [0.5, 0.6) is 0 Å². The lowest BCUT2D eigenvalue weighted by Crippen LogP contribution is -2.34. The minimum atomic E-state index is -3.83. The summed E-state index contributed by atoms with van der Waals surface area (Å²) in [5, 5.41) is 21.0. The van der Waals surface area contributed by atoms with Gasteiger partial charge in [-0.1, -0.05) is 38.8 Å². The van der Waals surface area contributed by atoms with E-state index in [1.54, 1.807) is 6.07 Å². The van der Waals surface area contributed by atoms with Crippen LogP contribution >= 0.6 is 0 Å².